The van der Waals surface area contributed by atoms with E-state index in [1.165, 1.54) is 18.6 Å². The summed E-state index contributed by atoms with van der Waals surface area (Å²) in [6.07, 6.45) is 5.56. The van der Waals surface area contributed by atoms with E-state index in [1.54, 1.807) is 18.4 Å². The average molecular weight is 343 g/mol. The number of halogens is 1. The van der Waals surface area contributed by atoms with E-state index in [0.717, 1.165) is 24.1 Å². The zero-order valence-corrected chi connectivity index (χ0v) is 14.0. The third-order valence-corrected chi connectivity index (χ3v) is 5.61. The number of hydrogen-bond donors (Lipinski definition) is 2. The summed E-state index contributed by atoms with van der Waals surface area (Å²) in [6, 6.07) is 6.01. The van der Waals surface area contributed by atoms with Crippen molar-refractivity contribution in [3.8, 4) is 11.5 Å². The van der Waals surface area contributed by atoms with E-state index in [9.17, 15) is 9.18 Å². The Hall–Kier alpha value is -2.21. The Morgan fingerprint density at radius 3 is 2.76 bits per heavy atom. The van der Waals surface area contributed by atoms with Crippen LogP contribution in [0.1, 0.15) is 25.0 Å². The average Bonchev–Trinajstić information content (AvgIpc) is 3.31. The first-order valence-electron chi connectivity index (χ1n) is 8.85. The molecule has 1 amide bonds. The zero-order chi connectivity index (χ0) is 17.4. The highest BCUT2D eigenvalue weighted by Crippen LogP contribution is 2.47. The molecule has 0 spiro atoms. The van der Waals surface area contributed by atoms with Gasteiger partial charge in [0.25, 0.3) is 0 Å². The maximum atomic E-state index is 13.0. The lowest BCUT2D eigenvalue weighted by atomic mass is 9.84. The summed E-state index contributed by atoms with van der Waals surface area (Å²) in [5.74, 6) is 1.17. The molecule has 1 heterocycles. The number of oxazole rings is 1. The number of nitrogens with one attached hydrogen (secondary N) is 1. The van der Waals surface area contributed by atoms with Crippen molar-refractivity contribution in [2.24, 2.45) is 23.5 Å². The number of rotatable bonds is 5. The number of nitrogens with zero attached hydrogens (tertiary/aromatic N) is 1. The maximum absolute atomic E-state index is 13.0. The Labute approximate surface area is 145 Å². The minimum atomic E-state index is -0.294. The van der Waals surface area contributed by atoms with Crippen LogP contribution in [0.5, 0.6) is 0 Å². The monoisotopic (exact) mass is 343 g/mol. The lowest BCUT2D eigenvalue weighted by Gasteiger charge is -2.26. The number of carbonyl (C=O) groups is 1. The smallest absolute Gasteiger partial charge is 0.226 e. The number of fused-ring (bicyclic) bond motifs is 2. The number of hydrogen-bond acceptors (Lipinski definition) is 4. The topological polar surface area (TPSA) is 81.2 Å². The molecule has 4 unspecified atom stereocenters. The van der Waals surface area contributed by atoms with Gasteiger partial charge in [0.05, 0.1) is 11.6 Å². The van der Waals surface area contributed by atoms with E-state index in [2.05, 4.69) is 10.3 Å². The van der Waals surface area contributed by atoms with Crippen LogP contribution in [0, 0.1) is 23.6 Å². The molecule has 2 aliphatic carbocycles. The van der Waals surface area contributed by atoms with Crippen molar-refractivity contribution in [2.45, 2.75) is 31.7 Å². The quantitative estimate of drug-likeness (QED) is 0.874. The highest BCUT2D eigenvalue weighted by atomic mass is 19.1. The van der Waals surface area contributed by atoms with Gasteiger partial charge in [0, 0.05) is 24.6 Å². The van der Waals surface area contributed by atoms with Crippen molar-refractivity contribution in [3.63, 3.8) is 0 Å². The van der Waals surface area contributed by atoms with Crippen LogP contribution in [0.3, 0.4) is 0 Å². The summed E-state index contributed by atoms with van der Waals surface area (Å²) in [7, 11) is 0. The SMILES string of the molecule is NC1C2CCC(C2)C1C(=O)NCCc1coc(-c2ccc(F)cc2)n1. The fourth-order valence-corrected chi connectivity index (χ4v) is 4.30. The first-order valence-corrected chi connectivity index (χ1v) is 8.85. The first kappa shape index (κ1) is 16.3. The molecule has 1 aromatic carbocycles. The predicted molar refractivity (Wildman–Crippen MR) is 90.9 cm³/mol. The van der Waals surface area contributed by atoms with E-state index < -0.39 is 0 Å². The molecule has 0 aliphatic heterocycles. The Morgan fingerprint density at radius 2 is 2.04 bits per heavy atom. The Balaban J connectivity index is 1.30. The normalized spacial score (nSPS) is 27.6. The fourth-order valence-electron chi connectivity index (χ4n) is 4.30. The number of amides is 1. The summed E-state index contributed by atoms with van der Waals surface area (Å²) in [5.41, 5.74) is 7.70. The van der Waals surface area contributed by atoms with E-state index in [-0.39, 0.29) is 23.7 Å². The van der Waals surface area contributed by atoms with Gasteiger partial charge in [-0.25, -0.2) is 9.37 Å². The molecule has 0 saturated heterocycles. The van der Waals surface area contributed by atoms with Crippen LogP contribution in [0.15, 0.2) is 34.9 Å². The molecule has 132 valence electrons. The first-order chi connectivity index (χ1) is 12.1. The van der Waals surface area contributed by atoms with Crippen LogP contribution in [0.2, 0.25) is 0 Å². The van der Waals surface area contributed by atoms with E-state index >= 15 is 0 Å². The maximum Gasteiger partial charge on any atom is 0.226 e. The third-order valence-electron chi connectivity index (χ3n) is 5.61. The molecule has 5 nitrogen and oxygen atoms in total. The largest absolute Gasteiger partial charge is 0.444 e. The minimum Gasteiger partial charge on any atom is -0.444 e. The number of benzene rings is 1. The van der Waals surface area contributed by atoms with Crippen LogP contribution in [-0.2, 0) is 11.2 Å². The molecule has 2 aromatic rings. The van der Waals surface area contributed by atoms with Crippen LogP contribution >= 0.6 is 0 Å². The number of carbonyl (C=O) groups excluding carboxylic acids is 1. The standard InChI is InChI=1S/C19H22FN3O2/c20-14-5-3-11(4-6-14)19-23-15(10-25-19)7-8-22-18(24)16-12-1-2-13(9-12)17(16)21/h3-6,10,12-13,16-17H,1-2,7-9,21H2,(H,22,24). The van der Waals surface area contributed by atoms with Crippen LogP contribution in [-0.4, -0.2) is 23.5 Å². The summed E-state index contributed by atoms with van der Waals surface area (Å²) >= 11 is 0. The van der Waals surface area contributed by atoms with Gasteiger partial charge < -0.3 is 15.5 Å². The van der Waals surface area contributed by atoms with Gasteiger partial charge in [-0.2, -0.15) is 0 Å². The van der Waals surface area contributed by atoms with Gasteiger partial charge in [-0.05, 0) is 55.4 Å². The number of aromatic nitrogens is 1. The molecule has 25 heavy (non-hydrogen) atoms. The molecular formula is C19H22FN3O2. The van der Waals surface area contributed by atoms with Crippen molar-refractivity contribution in [1.29, 1.82) is 0 Å². The van der Waals surface area contributed by atoms with Crippen molar-refractivity contribution in [2.75, 3.05) is 6.54 Å². The second-order valence-corrected chi connectivity index (χ2v) is 7.13. The van der Waals surface area contributed by atoms with Gasteiger partial charge in [-0.1, -0.05) is 0 Å². The van der Waals surface area contributed by atoms with Crippen LogP contribution < -0.4 is 11.1 Å². The Morgan fingerprint density at radius 1 is 1.28 bits per heavy atom. The fraction of sp³-hybridized carbons (Fsp3) is 0.474. The molecule has 3 N–H and O–H groups in total. The van der Waals surface area contributed by atoms with Gasteiger partial charge in [0.15, 0.2) is 0 Å². The van der Waals surface area contributed by atoms with E-state index in [4.69, 9.17) is 10.2 Å². The van der Waals surface area contributed by atoms with Gasteiger partial charge >= 0.3 is 0 Å². The molecule has 6 heteroatoms. The van der Waals surface area contributed by atoms with Gasteiger partial charge in [0.2, 0.25) is 11.8 Å². The molecule has 2 fully saturated rings. The molecule has 4 atom stereocenters. The van der Waals surface area contributed by atoms with Crippen molar-refractivity contribution >= 4 is 5.91 Å². The Bertz CT molecular complexity index is 756. The lowest BCUT2D eigenvalue weighted by molar-refractivity contribution is -0.127. The van der Waals surface area contributed by atoms with E-state index in [0.29, 0.717) is 30.7 Å². The summed E-state index contributed by atoms with van der Waals surface area (Å²) in [4.78, 5) is 16.8. The highest BCUT2D eigenvalue weighted by Gasteiger charge is 2.48. The van der Waals surface area contributed by atoms with Crippen LogP contribution in [0.4, 0.5) is 4.39 Å². The Kier molecular flexibility index (Phi) is 4.29. The molecule has 2 saturated carbocycles. The molecule has 2 bridgehead atoms. The highest BCUT2D eigenvalue weighted by molar-refractivity contribution is 5.80. The molecular weight excluding hydrogens is 321 g/mol. The number of nitrogens with two attached hydrogens (primary N) is 1. The van der Waals surface area contributed by atoms with Gasteiger partial charge in [-0.15, -0.1) is 0 Å². The lowest BCUT2D eigenvalue weighted by Crippen LogP contribution is -2.45. The molecule has 1 aromatic heterocycles. The summed E-state index contributed by atoms with van der Waals surface area (Å²) in [5, 5.41) is 2.99. The van der Waals surface area contributed by atoms with E-state index in [1.807, 2.05) is 0 Å². The van der Waals surface area contributed by atoms with Crippen LogP contribution in [0.25, 0.3) is 11.5 Å². The molecule has 0 radical (unpaired) electrons. The second kappa shape index (κ2) is 6.59. The third kappa shape index (κ3) is 3.18. The second-order valence-electron chi connectivity index (χ2n) is 7.13. The zero-order valence-electron chi connectivity index (χ0n) is 14.0. The minimum absolute atomic E-state index is 0.0101. The van der Waals surface area contributed by atoms with Gasteiger partial charge in [-0.3, -0.25) is 4.79 Å². The molecule has 2 aliphatic rings. The molecule has 4 rings (SSSR count). The predicted octanol–water partition coefficient (Wildman–Crippen LogP) is 2.51. The summed E-state index contributed by atoms with van der Waals surface area (Å²) < 4.78 is 18.4. The van der Waals surface area contributed by atoms with Gasteiger partial charge in [0.1, 0.15) is 12.1 Å². The van der Waals surface area contributed by atoms with Crippen molar-refractivity contribution in [3.05, 3.63) is 42.0 Å². The summed E-state index contributed by atoms with van der Waals surface area (Å²) in [6.45, 7) is 0.509. The van der Waals surface area contributed by atoms with Crippen molar-refractivity contribution < 1.29 is 13.6 Å². The van der Waals surface area contributed by atoms with Crippen molar-refractivity contribution in [1.82, 2.24) is 10.3 Å².